The van der Waals surface area contributed by atoms with Gasteiger partial charge in [-0.05, 0) is 62.8 Å². The summed E-state index contributed by atoms with van der Waals surface area (Å²) in [4.78, 5) is 29.0. The number of likely N-dealkylation sites (tertiary alicyclic amines) is 2. The Morgan fingerprint density at radius 1 is 1.00 bits per heavy atom. The zero-order chi connectivity index (χ0) is 19.9. The second-order valence-corrected chi connectivity index (χ2v) is 8.14. The van der Waals surface area contributed by atoms with Crippen molar-refractivity contribution in [2.75, 3.05) is 32.8 Å². The summed E-state index contributed by atoms with van der Waals surface area (Å²) in [5.41, 5.74) is 0.730. The predicted molar refractivity (Wildman–Crippen MR) is 110 cm³/mol. The number of hydrogen-bond donors (Lipinski definition) is 0. The minimum atomic E-state index is 0.117. The number of amides is 2. The van der Waals surface area contributed by atoms with Gasteiger partial charge in [-0.1, -0.05) is 13.8 Å². The molecule has 2 aliphatic heterocycles. The largest absolute Gasteiger partial charge is 0.493 e. The van der Waals surface area contributed by atoms with E-state index in [2.05, 4.69) is 13.8 Å². The van der Waals surface area contributed by atoms with E-state index in [9.17, 15) is 9.59 Å². The number of carbonyl (C=O) groups excluding carboxylic acids is 2. The number of piperidine rings is 1. The van der Waals surface area contributed by atoms with Crippen LogP contribution in [0.4, 0.5) is 0 Å². The smallest absolute Gasteiger partial charge is 0.253 e. The third-order valence-electron chi connectivity index (χ3n) is 6.15. The number of carbonyl (C=O) groups is 2. The highest BCUT2D eigenvalue weighted by molar-refractivity contribution is 5.94. The van der Waals surface area contributed by atoms with Crippen LogP contribution < -0.4 is 4.74 Å². The number of rotatable bonds is 7. The normalized spacial score (nSPS) is 19.9. The average molecular weight is 387 g/mol. The van der Waals surface area contributed by atoms with Crippen molar-refractivity contribution < 1.29 is 14.3 Å². The summed E-state index contributed by atoms with van der Waals surface area (Å²) >= 11 is 0. The molecule has 2 heterocycles. The number of hydrogen-bond acceptors (Lipinski definition) is 3. The molecule has 2 saturated heterocycles. The Bertz CT molecular complexity index is 648. The lowest BCUT2D eigenvalue weighted by Gasteiger charge is -2.34. The Hall–Kier alpha value is -2.04. The zero-order valence-electron chi connectivity index (χ0n) is 17.4. The average Bonchev–Trinajstić information content (AvgIpc) is 3.28. The summed E-state index contributed by atoms with van der Waals surface area (Å²) < 4.78 is 5.98. The van der Waals surface area contributed by atoms with Crippen LogP contribution in [0, 0.1) is 11.8 Å². The Morgan fingerprint density at radius 2 is 1.64 bits per heavy atom. The summed E-state index contributed by atoms with van der Waals surface area (Å²) in [6.45, 7) is 8.20. The van der Waals surface area contributed by atoms with E-state index in [0.29, 0.717) is 18.4 Å². The van der Waals surface area contributed by atoms with Gasteiger partial charge in [-0.3, -0.25) is 9.59 Å². The first kappa shape index (κ1) is 20.7. The maximum absolute atomic E-state index is 12.6. The van der Waals surface area contributed by atoms with Gasteiger partial charge in [-0.15, -0.1) is 0 Å². The fourth-order valence-corrected chi connectivity index (χ4v) is 4.31. The molecule has 154 valence electrons. The van der Waals surface area contributed by atoms with Gasteiger partial charge in [0.05, 0.1) is 6.61 Å². The quantitative estimate of drug-likeness (QED) is 0.712. The lowest BCUT2D eigenvalue weighted by Crippen LogP contribution is -2.44. The Kier molecular flexibility index (Phi) is 7.35. The van der Waals surface area contributed by atoms with E-state index in [1.54, 1.807) is 0 Å². The van der Waals surface area contributed by atoms with Gasteiger partial charge in [-0.2, -0.15) is 0 Å². The summed E-state index contributed by atoms with van der Waals surface area (Å²) in [5.74, 6) is 1.74. The lowest BCUT2D eigenvalue weighted by atomic mass is 9.95. The Balaban J connectivity index is 1.49. The van der Waals surface area contributed by atoms with Crippen LogP contribution in [0.15, 0.2) is 24.3 Å². The molecule has 0 unspecified atom stereocenters. The van der Waals surface area contributed by atoms with E-state index in [-0.39, 0.29) is 11.8 Å². The van der Waals surface area contributed by atoms with Gasteiger partial charge in [0, 0.05) is 43.6 Å². The first-order chi connectivity index (χ1) is 13.6. The molecule has 0 radical (unpaired) electrons. The van der Waals surface area contributed by atoms with Crippen LogP contribution in [-0.4, -0.2) is 54.4 Å². The van der Waals surface area contributed by atoms with Crippen molar-refractivity contribution in [1.29, 1.82) is 0 Å². The van der Waals surface area contributed by atoms with E-state index in [4.69, 9.17) is 4.74 Å². The minimum Gasteiger partial charge on any atom is -0.493 e. The summed E-state index contributed by atoms with van der Waals surface area (Å²) in [6.07, 6.45) is 6.17. The predicted octanol–water partition coefficient (Wildman–Crippen LogP) is 3.98. The fourth-order valence-electron chi connectivity index (χ4n) is 4.31. The first-order valence-corrected chi connectivity index (χ1v) is 10.9. The molecule has 0 aromatic heterocycles. The van der Waals surface area contributed by atoms with Crippen LogP contribution in [0.3, 0.4) is 0 Å². The fraction of sp³-hybridized carbons (Fsp3) is 0.652. The van der Waals surface area contributed by atoms with E-state index in [1.165, 1.54) is 0 Å². The Labute approximate surface area is 169 Å². The summed E-state index contributed by atoms with van der Waals surface area (Å²) in [5, 5.41) is 0. The highest BCUT2D eigenvalue weighted by Crippen LogP contribution is 2.23. The maximum atomic E-state index is 12.6. The van der Waals surface area contributed by atoms with Gasteiger partial charge in [0.25, 0.3) is 5.91 Å². The van der Waals surface area contributed by atoms with Crippen molar-refractivity contribution in [3.63, 3.8) is 0 Å². The molecule has 0 saturated carbocycles. The van der Waals surface area contributed by atoms with Crippen LogP contribution in [0.5, 0.6) is 5.75 Å². The van der Waals surface area contributed by atoms with Crippen molar-refractivity contribution in [3.8, 4) is 5.75 Å². The molecule has 2 aliphatic rings. The Morgan fingerprint density at radius 3 is 2.29 bits per heavy atom. The van der Waals surface area contributed by atoms with Crippen LogP contribution >= 0.6 is 0 Å². The molecule has 1 aromatic rings. The monoisotopic (exact) mass is 386 g/mol. The molecule has 0 N–H and O–H groups in total. The van der Waals surface area contributed by atoms with Gasteiger partial charge in [0.2, 0.25) is 5.91 Å². The van der Waals surface area contributed by atoms with Crippen LogP contribution in [0.25, 0.3) is 0 Å². The molecule has 3 rings (SSSR count). The third kappa shape index (κ3) is 5.06. The lowest BCUT2D eigenvalue weighted by molar-refractivity contribution is -0.137. The van der Waals surface area contributed by atoms with E-state index in [0.717, 1.165) is 76.0 Å². The molecule has 5 heteroatoms. The van der Waals surface area contributed by atoms with E-state index in [1.807, 2.05) is 34.1 Å². The standard InChI is InChI=1S/C23H34N2O3/c1-3-19(4-2)22(26)25-15-7-8-18(16-25)17-28-21-11-9-20(10-12-21)23(27)24-13-5-6-14-24/h9-12,18-19H,3-8,13-17H2,1-2H3/t18-/m0/s1. The van der Waals surface area contributed by atoms with Crippen molar-refractivity contribution in [2.24, 2.45) is 11.8 Å². The van der Waals surface area contributed by atoms with Crippen molar-refractivity contribution >= 4 is 11.8 Å². The second-order valence-electron chi connectivity index (χ2n) is 8.14. The van der Waals surface area contributed by atoms with Crippen LogP contribution in [-0.2, 0) is 4.79 Å². The summed E-state index contributed by atoms with van der Waals surface area (Å²) in [6, 6.07) is 7.50. The SMILES string of the molecule is CCC(CC)C(=O)N1CCC[C@H](COc2ccc(C(=O)N3CCCC3)cc2)C1. The summed E-state index contributed by atoms with van der Waals surface area (Å²) in [7, 11) is 0. The molecule has 0 aliphatic carbocycles. The van der Waals surface area contributed by atoms with Crippen molar-refractivity contribution in [1.82, 2.24) is 9.80 Å². The highest BCUT2D eigenvalue weighted by atomic mass is 16.5. The minimum absolute atomic E-state index is 0.117. The molecule has 2 amide bonds. The van der Waals surface area contributed by atoms with E-state index >= 15 is 0 Å². The molecular formula is C23H34N2O3. The van der Waals surface area contributed by atoms with Crippen LogP contribution in [0.2, 0.25) is 0 Å². The van der Waals surface area contributed by atoms with Crippen LogP contribution in [0.1, 0.15) is 62.7 Å². The topological polar surface area (TPSA) is 49.9 Å². The van der Waals surface area contributed by atoms with Gasteiger partial charge in [0.1, 0.15) is 5.75 Å². The first-order valence-electron chi connectivity index (χ1n) is 10.9. The third-order valence-corrected chi connectivity index (χ3v) is 6.15. The number of nitrogens with zero attached hydrogens (tertiary/aromatic N) is 2. The molecular weight excluding hydrogens is 352 g/mol. The van der Waals surface area contributed by atoms with Crippen molar-refractivity contribution in [3.05, 3.63) is 29.8 Å². The van der Waals surface area contributed by atoms with Gasteiger partial charge >= 0.3 is 0 Å². The van der Waals surface area contributed by atoms with Gasteiger partial charge in [-0.25, -0.2) is 0 Å². The molecule has 1 atom stereocenters. The molecule has 0 bridgehead atoms. The van der Waals surface area contributed by atoms with Gasteiger partial charge < -0.3 is 14.5 Å². The number of benzene rings is 1. The van der Waals surface area contributed by atoms with Crippen molar-refractivity contribution in [2.45, 2.75) is 52.4 Å². The second kappa shape index (κ2) is 9.94. The molecule has 1 aromatic carbocycles. The molecule has 5 nitrogen and oxygen atoms in total. The maximum Gasteiger partial charge on any atom is 0.253 e. The van der Waals surface area contributed by atoms with Gasteiger partial charge in [0.15, 0.2) is 0 Å². The molecule has 2 fully saturated rings. The highest BCUT2D eigenvalue weighted by Gasteiger charge is 2.27. The zero-order valence-corrected chi connectivity index (χ0v) is 17.4. The molecule has 0 spiro atoms. The molecule has 28 heavy (non-hydrogen) atoms. The van der Waals surface area contributed by atoms with E-state index < -0.39 is 0 Å². The number of ether oxygens (including phenoxy) is 1.